The number of rotatable bonds is 7. The molecule has 1 fully saturated rings. The average molecular weight is 363 g/mol. The topological polar surface area (TPSA) is 71.1 Å². The first-order valence-electron chi connectivity index (χ1n) is 8.90. The summed E-state index contributed by atoms with van der Waals surface area (Å²) in [5, 5.41) is 2.97. The highest BCUT2D eigenvalue weighted by atomic mass is 16.5. The molecule has 1 saturated heterocycles. The lowest BCUT2D eigenvalue weighted by molar-refractivity contribution is -0.126. The molecule has 0 unspecified atom stereocenters. The summed E-state index contributed by atoms with van der Waals surface area (Å²) in [5.41, 5.74) is 0.436. The fourth-order valence-electron chi connectivity index (χ4n) is 3.11. The molecule has 0 bridgehead atoms. The lowest BCUT2D eigenvalue weighted by Crippen LogP contribution is -2.44. The van der Waals surface area contributed by atoms with E-state index in [1.807, 2.05) is 19.0 Å². The summed E-state index contributed by atoms with van der Waals surface area (Å²) in [6, 6.07) is 5.29. The monoisotopic (exact) mass is 363 g/mol. The summed E-state index contributed by atoms with van der Waals surface area (Å²) >= 11 is 0. The second-order valence-electron chi connectivity index (χ2n) is 6.70. The third-order valence-electron chi connectivity index (χ3n) is 4.65. The van der Waals surface area contributed by atoms with E-state index >= 15 is 0 Å². The molecule has 0 atom stereocenters. The molecule has 0 saturated carbocycles. The minimum absolute atomic E-state index is 0.0409. The van der Waals surface area contributed by atoms with Crippen LogP contribution in [0.15, 0.2) is 18.2 Å². The van der Waals surface area contributed by atoms with Crippen LogP contribution in [0.2, 0.25) is 0 Å². The van der Waals surface area contributed by atoms with Crippen LogP contribution >= 0.6 is 0 Å². The van der Waals surface area contributed by atoms with Crippen molar-refractivity contribution < 1.29 is 19.1 Å². The summed E-state index contributed by atoms with van der Waals surface area (Å²) in [6.07, 6.45) is 1.33. The predicted molar refractivity (Wildman–Crippen MR) is 99.7 cm³/mol. The van der Waals surface area contributed by atoms with Crippen molar-refractivity contribution in [2.75, 3.05) is 54.5 Å². The predicted octanol–water partition coefficient (Wildman–Crippen LogP) is 1.23. The summed E-state index contributed by atoms with van der Waals surface area (Å²) in [4.78, 5) is 29.0. The van der Waals surface area contributed by atoms with Gasteiger partial charge in [-0.05, 0) is 39.1 Å². The van der Waals surface area contributed by atoms with E-state index in [0.29, 0.717) is 49.5 Å². The Morgan fingerprint density at radius 1 is 1.15 bits per heavy atom. The Hall–Kier alpha value is -2.28. The molecule has 0 spiro atoms. The number of nitrogens with zero attached hydrogens (tertiary/aromatic N) is 2. The highest BCUT2D eigenvalue weighted by molar-refractivity contribution is 5.99. The highest BCUT2D eigenvalue weighted by Gasteiger charge is 2.30. The van der Waals surface area contributed by atoms with Gasteiger partial charge in [-0.2, -0.15) is 0 Å². The molecule has 2 amide bonds. The Balaban J connectivity index is 1.96. The van der Waals surface area contributed by atoms with E-state index in [1.54, 1.807) is 23.1 Å². The third-order valence-corrected chi connectivity index (χ3v) is 4.65. The quantitative estimate of drug-likeness (QED) is 0.789. The van der Waals surface area contributed by atoms with E-state index in [9.17, 15) is 9.59 Å². The number of benzene rings is 1. The Morgan fingerprint density at radius 2 is 1.73 bits per heavy atom. The number of nitrogens with one attached hydrogen (secondary N) is 1. The summed E-state index contributed by atoms with van der Waals surface area (Å²) in [6.45, 7) is 2.55. The number of likely N-dealkylation sites (tertiary alicyclic amines) is 1. The number of hydrogen-bond donors (Lipinski definition) is 1. The van der Waals surface area contributed by atoms with Gasteiger partial charge in [-0.25, -0.2) is 0 Å². The fraction of sp³-hybridized carbons (Fsp3) is 0.579. The van der Waals surface area contributed by atoms with Gasteiger partial charge in [0.05, 0.1) is 14.2 Å². The van der Waals surface area contributed by atoms with Crippen molar-refractivity contribution in [3.8, 4) is 11.5 Å². The van der Waals surface area contributed by atoms with Crippen LogP contribution in [-0.2, 0) is 4.79 Å². The molecule has 0 aliphatic carbocycles. The summed E-state index contributed by atoms with van der Waals surface area (Å²) in [7, 11) is 7.02. The normalized spacial score (nSPS) is 15.0. The zero-order chi connectivity index (χ0) is 19.1. The highest BCUT2D eigenvalue weighted by Crippen LogP contribution is 2.31. The summed E-state index contributed by atoms with van der Waals surface area (Å²) < 4.78 is 10.7. The Morgan fingerprint density at radius 3 is 2.23 bits per heavy atom. The Kier molecular flexibility index (Phi) is 7.26. The molecule has 1 aliphatic rings. The Labute approximate surface area is 155 Å². The van der Waals surface area contributed by atoms with Crippen LogP contribution in [0, 0.1) is 5.92 Å². The molecule has 1 aliphatic heterocycles. The molecule has 2 rings (SSSR count). The van der Waals surface area contributed by atoms with Crippen LogP contribution in [0.4, 0.5) is 0 Å². The molecule has 7 nitrogen and oxygen atoms in total. The number of carbonyl (C=O) groups excluding carboxylic acids is 2. The number of ether oxygens (including phenoxy) is 2. The van der Waals surface area contributed by atoms with E-state index in [0.717, 1.165) is 6.54 Å². The van der Waals surface area contributed by atoms with Gasteiger partial charge in [0, 0.05) is 32.1 Å². The zero-order valence-corrected chi connectivity index (χ0v) is 16.1. The number of piperidine rings is 1. The van der Waals surface area contributed by atoms with Crippen molar-refractivity contribution in [3.05, 3.63) is 23.8 Å². The van der Waals surface area contributed by atoms with Gasteiger partial charge in [-0.15, -0.1) is 0 Å². The second-order valence-corrected chi connectivity index (χ2v) is 6.70. The molecule has 144 valence electrons. The van der Waals surface area contributed by atoms with E-state index in [2.05, 4.69) is 5.32 Å². The molecule has 0 radical (unpaired) electrons. The van der Waals surface area contributed by atoms with Crippen LogP contribution in [0.1, 0.15) is 23.2 Å². The first-order valence-corrected chi connectivity index (χ1v) is 8.90. The Bertz CT molecular complexity index is 603. The molecule has 1 heterocycles. The number of methoxy groups -OCH3 is 2. The molecule has 7 heteroatoms. The van der Waals surface area contributed by atoms with Gasteiger partial charge in [0.15, 0.2) is 0 Å². The molecule has 1 N–H and O–H groups in total. The smallest absolute Gasteiger partial charge is 0.261 e. The van der Waals surface area contributed by atoms with Gasteiger partial charge in [0.25, 0.3) is 5.91 Å². The van der Waals surface area contributed by atoms with Gasteiger partial charge in [-0.3, -0.25) is 9.59 Å². The number of hydrogen-bond acceptors (Lipinski definition) is 5. The lowest BCUT2D eigenvalue weighted by Gasteiger charge is -2.32. The van der Waals surface area contributed by atoms with Crippen molar-refractivity contribution in [1.82, 2.24) is 15.1 Å². The van der Waals surface area contributed by atoms with Crippen molar-refractivity contribution in [2.24, 2.45) is 5.92 Å². The molecule has 26 heavy (non-hydrogen) atoms. The van der Waals surface area contributed by atoms with Crippen molar-refractivity contribution >= 4 is 11.8 Å². The van der Waals surface area contributed by atoms with Crippen molar-refractivity contribution in [2.45, 2.75) is 12.8 Å². The summed E-state index contributed by atoms with van der Waals surface area (Å²) in [5.74, 6) is 0.913. The second kappa shape index (κ2) is 9.43. The SMILES string of the molecule is COc1cccc(OC)c1C(=O)N1CCC(C(=O)NCCN(C)C)CC1. The minimum Gasteiger partial charge on any atom is -0.496 e. The first kappa shape index (κ1) is 20.0. The maximum atomic E-state index is 12.9. The fourth-order valence-corrected chi connectivity index (χ4v) is 3.11. The first-order chi connectivity index (χ1) is 12.5. The molecular weight excluding hydrogens is 334 g/mol. The molecule has 1 aromatic carbocycles. The van der Waals surface area contributed by atoms with Gasteiger partial charge in [0.2, 0.25) is 5.91 Å². The zero-order valence-electron chi connectivity index (χ0n) is 16.1. The van der Waals surface area contributed by atoms with Gasteiger partial charge in [0.1, 0.15) is 17.1 Å². The largest absolute Gasteiger partial charge is 0.496 e. The van der Waals surface area contributed by atoms with E-state index in [-0.39, 0.29) is 17.7 Å². The van der Waals surface area contributed by atoms with Crippen LogP contribution < -0.4 is 14.8 Å². The van der Waals surface area contributed by atoms with E-state index in [4.69, 9.17) is 9.47 Å². The minimum atomic E-state index is -0.120. The number of amides is 2. The number of likely N-dealkylation sites (N-methyl/N-ethyl adjacent to an activating group) is 1. The average Bonchev–Trinajstić information content (AvgIpc) is 2.66. The maximum absolute atomic E-state index is 12.9. The van der Waals surface area contributed by atoms with Crippen molar-refractivity contribution in [3.63, 3.8) is 0 Å². The molecule has 0 aromatic heterocycles. The molecular formula is C19H29N3O4. The van der Waals surface area contributed by atoms with Crippen molar-refractivity contribution in [1.29, 1.82) is 0 Å². The van der Waals surface area contributed by atoms with Gasteiger partial charge >= 0.3 is 0 Å². The molecule has 1 aromatic rings. The number of carbonyl (C=O) groups is 2. The van der Waals surface area contributed by atoms with Crippen LogP contribution in [0.3, 0.4) is 0 Å². The lowest BCUT2D eigenvalue weighted by atomic mass is 9.95. The van der Waals surface area contributed by atoms with Crippen LogP contribution in [0.25, 0.3) is 0 Å². The van der Waals surface area contributed by atoms with Crippen LogP contribution in [0.5, 0.6) is 11.5 Å². The maximum Gasteiger partial charge on any atom is 0.261 e. The van der Waals surface area contributed by atoms with Crippen LogP contribution in [-0.4, -0.2) is 76.1 Å². The van der Waals surface area contributed by atoms with Gasteiger partial charge < -0.3 is 24.6 Å². The van der Waals surface area contributed by atoms with E-state index < -0.39 is 0 Å². The third kappa shape index (κ3) is 4.88. The van der Waals surface area contributed by atoms with E-state index in [1.165, 1.54) is 14.2 Å². The van der Waals surface area contributed by atoms with Gasteiger partial charge in [-0.1, -0.05) is 6.07 Å². The standard InChI is InChI=1S/C19H29N3O4/c1-21(2)13-10-20-18(23)14-8-11-22(12-9-14)19(24)17-15(25-3)6-5-7-16(17)26-4/h5-7,14H,8-13H2,1-4H3,(H,20,23).